The highest BCUT2D eigenvalue weighted by molar-refractivity contribution is 7.07. The van der Waals surface area contributed by atoms with Gasteiger partial charge in [0.1, 0.15) is 5.54 Å². The van der Waals surface area contributed by atoms with Gasteiger partial charge in [-0.25, -0.2) is 9.97 Å². The van der Waals surface area contributed by atoms with E-state index in [0.29, 0.717) is 18.8 Å². The number of pyridine rings is 1. The van der Waals surface area contributed by atoms with Gasteiger partial charge in [0.2, 0.25) is 5.91 Å². The van der Waals surface area contributed by atoms with Gasteiger partial charge in [0.25, 0.3) is 5.91 Å². The number of nitrogens with zero attached hydrogens (tertiary/aromatic N) is 5. The molecule has 0 spiro atoms. The van der Waals surface area contributed by atoms with Gasteiger partial charge in [-0.15, -0.1) is 11.3 Å². The third-order valence-corrected chi connectivity index (χ3v) is 8.89. The van der Waals surface area contributed by atoms with Crippen LogP contribution in [0.15, 0.2) is 71.8 Å². The molecule has 0 radical (unpaired) electrons. The highest BCUT2D eigenvalue weighted by atomic mass is 32.1. The molecule has 0 unspecified atom stereocenters. The predicted molar refractivity (Wildman–Crippen MR) is 171 cm³/mol. The number of para-hydroxylation sites is 1. The Kier molecular flexibility index (Phi) is 7.81. The fraction of sp³-hybridized carbons (Fsp3) is 0.324. The van der Waals surface area contributed by atoms with Crippen molar-refractivity contribution in [2.24, 2.45) is 0 Å². The minimum Gasteiger partial charge on any atom is -0.370 e. The predicted octanol–water partition coefficient (Wildman–Crippen LogP) is 5.82. The summed E-state index contributed by atoms with van der Waals surface area (Å²) in [4.78, 5) is 37.3. The van der Waals surface area contributed by atoms with Crippen molar-refractivity contribution in [1.82, 2.24) is 30.0 Å². The van der Waals surface area contributed by atoms with Crippen LogP contribution >= 0.6 is 11.3 Å². The quantitative estimate of drug-likeness (QED) is 0.214. The van der Waals surface area contributed by atoms with Crippen molar-refractivity contribution in [3.05, 3.63) is 99.8 Å². The summed E-state index contributed by atoms with van der Waals surface area (Å²) < 4.78 is 7.50. The highest BCUT2D eigenvalue weighted by Gasteiger charge is 2.47. The Hall–Kier alpha value is -4.41. The molecule has 2 amide bonds. The van der Waals surface area contributed by atoms with Gasteiger partial charge in [0, 0.05) is 42.2 Å². The van der Waals surface area contributed by atoms with Crippen LogP contribution in [-0.4, -0.2) is 50.6 Å². The second-order valence-electron chi connectivity index (χ2n) is 12.2. The number of rotatable bonds is 10. The summed E-state index contributed by atoms with van der Waals surface area (Å²) in [6.45, 7) is 6.57. The van der Waals surface area contributed by atoms with E-state index in [2.05, 4.69) is 27.5 Å². The number of amides is 2. The molecular formula is C34H36N6O3S. The van der Waals surface area contributed by atoms with E-state index in [1.807, 2.05) is 68.7 Å². The first-order valence-electron chi connectivity index (χ1n) is 14.6. The molecule has 9 nitrogen and oxygen atoms in total. The first-order valence-corrected chi connectivity index (χ1v) is 15.6. The van der Waals surface area contributed by atoms with E-state index in [1.54, 1.807) is 46.7 Å². The number of hydrogen-bond donors (Lipinski definition) is 1. The molecule has 1 aliphatic rings. The maximum atomic E-state index is 13.7. The van der Waals surface area contributed by atoms with Crippen molar-refractivity contribution in [2.45, 2.75) is 57.9 Å². The molecule has 0 aliphatic heterocycles. The Morgan fingerprint density at radius 1 is 1.11 bits per heavy atom. The molecule has 10 heteroatoms. The summed E-state index contributed by atoms with van der Waals surface area (Å²) in [6.07, 6.45) is 5.27. The lowest BCUT2D eigenvalue weighted by atomic mass is 9.96. The number of aryl methyl sites for hydroxylation is 1. The van der Waals surface area contributed by atoms with Crippen LogP contribution in [0.5, 0.6) is 0 Å². The van der Waals surface area contributed by atoms with Crippen molar-refractivity contribution in [2.75, 3.05) is 14.1 Å². The van der Waals surface area contributed by atoms with Crippen LogP contribution in [0.4, 0.5) is 0 Å². The molecule has 3 aromatic heterocycles. The lowest BCUT2D eigenvalue weighted by Gasteiger charge is -2.27. The molecule has 1 N–H and O–H groups in total. The van der Waals surface area contributed by atoms with Crippen molar-refractivity contribution >= 4 is 34.1 Å². The van der Waals surface area contributed by atoms with E-state index in [1.165, 1.54) is 0 Å². The molecule has 6 rings (SSSR count). The standard InChI is InChI=1S/C34H36N6O3S/c1-22-14-23(18-43-19-25-20-44-21-35-25)10-11-26(22)31(41)38-34(12-13-34)28-15-30(37-29-9-7-6-8-27(28)29)24-16-36-40(17-24)33(2,3)32(42)39(4)5/h6-11,14-17,20-21H,12-13,18-19H2,1-5H3,(H,38,41). The Labute approximate surface area is 260 Å². The summed E-state index contributed by atoms with van der Waals surface area (Å²) >= 11 is 1.55. The van der Waals surface area contributed by atoms with Crippen LogP contribution in [0.1, 0.15) is 59.4 Å². The SMILES string of the molecule is Cc1cc(COCc2cscn2)ccc1C(=O)NC1(c2cc(-c3cnn(C(C)(C)C(=O)N(C)C)c3)nc3ccccc23)CC1. The zero-order chi connectivity index (χ0) is 31.1. The molecule has 44 heavy (non-hydrogen) atoms. The molecule has 0 atom stereocenters. The van der Waals surface area contributed by atoms with Gasteiger partial charge in [0.05, 0.1) is 47.4 Å². The normalized spacial score (nSPS) is 14.0. The number of fused-ring (bicyclic) bond motifs is 1. The molecule has 2 aromatic carbocycles. The van der Waals surface area contributed by atoms with Crippen molar-refractivity contribution in [1.29, 1.82) is 0 Å². The van der Waals surface area contributed by atoms with Crippen LogP contribution in [-0.2, 0) is 33.8 Å². The average Bonchev–Trinajstić information content (AvgIpc) is 3.36. The van der Waals surface area contributed by atoms with E-state index >= 15 is 0 Å². The Balaban J connectivity index is 1.25. The van der Waals surface area contributed by atoms with Crippen molar-refractivity contribution < 1.29 is 14.3 Å². The van der Waals surface area contributed by atoms with E-state index in [-0.39, 0.29) is 11.8 Å². The van der Waals surface area contributed by atoms with Gasteiger partial charge < -0.3 is 15.0 Å². The Morgan fingerprint density at radius 2 is 1.91 bits per heavy atom. The average molecular weight is 609 g/mol. The van der Waals surface area contributed by atoms with Gasteiger partial charge in [-0.1, -0.05) is 30.3 Å². The topological polar surface area (TPSA) is 102 Å². The maximum absolute atomic E-state index is 13.7. The first kappa shape index (κ1) is 29.7. The minimum atomic E-state index is -0.853. The number of aromatic nitrogens is 4. The minimum absolute atomic E-state index is 0.0505. The maximum Gasteiger partial charge on any atom is 0.252 e. The summed E-state index contributed by atoms with van der Waals surface area (Å²) in [5, 5.41) is 10.9. The van der Waals surface area contributed by atoms with Crippen LogP contribution in [0, 0.1) is 6.92 Å². The monoisotopic (exact) mass is 608 g/mol. The van der Waals surface area contributed by atoms with Gasteiger partial charge in [-0.2, -0.15) is 5.10 Å². The van der Waals surface area contributed by atoms with E-state index < -0.39 is 11.1 Å². The molecule has 1 fully saturated rings. The van der Waals surface area contributed by atoms with Crippen LogP contribution < -0.4 is 5.32 Å². The van der Waals surface area contributed by atoms with Gasteiger partial charge in [0.15, 0.2) is 0 Å². The molecule has 0 bridgehead atoms. The fourth-order valence-corrected chi connectivity index (χ4v) is 6.19. The molecule has 0 saturated heterocycles. The molecule has 3 heterocycles. The van der Waals surface area contributed by atoms with Crippen LogP contribution in [0.25, 0.3) is 22.2 Å². The molecule has 1 aliphatic carbocycles. The van der Waals surface area contributed by atoms with E-state index in [0.717, 1.165) is 57.4 Å². The van der Waals surface area contributed by atoms with E-state index in [9.17, 15) is 9.59 Å². The second kappa shape index (κ2) is 11.6. The Bertz CT molecular complexity index is 1840. The fourth-order valence-electron chi connectivity index (χ4n) is 5.65. The highest BCUT2D eigenvalue weighted by Crippen LogP contribution is 2.49. The summed E-state index contributed by atoms with van der Waals surface area (Å²) in [5.41, 5.74) is 7.35. The number of ether oxygens (including phenoxy) is 1. The van der Waals surface area contributed by atoms with Gasteiger partial charge in [-0.3, -0.25) is 14.3 Å². The van der Waals surface area contributed by atoms with Gasteiger partial charge in [-0.05, 0) is 68.5 Å². The molecule has 1 saturated carbocycles. The number of thiazole rings is 1. The van der Waals surface area contributed by atoms with Crippen LogP contribution in [0.2, 0.25) is 0 Å². The second-order valence-corrected chi connectivity index (χ2v) is 12.9. The molecule has 226 valence electrons. The number of hydrogen-bond acceptors (Lipinski definition) is 7. The number of carbonyl (C=O) groups is 2. The zero-order valence-electron chi connectivity index (χ0n) is 25.6. The number of carbonyl (C=O) groups excluding carboxylic acids is 2. The lowest BCUT2D eigenvalue weighted by Crippen LogP contribution is -2.44. The summed E-state index contributed by atoms with van der Waals surface area (Å²) in [5.74, 6) is -0.153. The number of nitrogens with one attached hydrogen (secondary N) is 1. The summed E-state index contributed by atoms with van der Waals surface area (Å²) in [7, 11) is 3.48. The van der Waals surface area contributed by atoms with Crippen LogP contribution in [0.3, 0.4) is 0 Å². The third kappa shape index (κ3) is 5.75. The molecule has 5 aromatic rings. The third-order valence-electron chi connectivity index (χ3n) is 8.25. The Morgan fingerprint density at radius 3 is 2.61 bits per heavy atom. The lowest BCUT2D eigenvalue weighted by molar-refractivity contribution is -0.137. The van der Waals surface area contributed by atoms with E-state index in [4.69, 9.17) is 9.72 Å². The van der Waals surface area contributed by atoms with Gasteiger partial charge >= 0.3 is 0 Å². The largest absolute Gasteiger partial charge is 0.370 e. The first-order chi connectivity index (χ1) is 21.1. The van der Waals surface area contributed by atoms with Crippen molar-refractivity contribution in [3.8, 4) is 11.3 Å². The smallest absolute Gasteiger partial charge is 0.252 e. The van der Waals surface area contributed by atoms with Crippen molar-refractivity contribution in [3.63, 3.8) is 0 Å². The number of benzene rings is 2. The summed E-state index contributed by atoms with van der Waals surface area (Å²) in [6, 6.07) is 15.9. The molecular weight excluding hydrogens is 572 g/mol. The zero-order valence-corrected chi connectivity index (χ0v) is 26.4. The number of likely N-dealkylation sites (N-methyl/N-ethyl adjacent to an activating group) is 1.